The molecule has 116 valence electrons. The van der Waals surface area contributed by atoms with Gasteiger partial charge in [0.25, 0.3) is 0 Å². The molecule has 2 aromatic carbocycles. The molecule has 1 aromatic heterocycles. The second-order valence-electron chi connectivity index (χ2n) is 5.45. The first-order chi connectivity index (χ1) is 11.1. The number of para-hydroxylation sites is 1. The Kier molecular flexibility index (Phi) is 4.26. The lowest BCUT2D eigenvalue weighted by Crippen LogP contribution is -2.07. The summed E-state index contributed by atoms with van der Waals surface area (Å²) >= 11 is 5.96. The van der Waals surface area contributed by atoms with Crippen molar-refractivity contribution in [3.63, 3.8) is 0 Å². The smallest absolute Gasteiger partial charge is 0.189 e. The normalized spacial score (nSPS) is 10.7. The highest BCUT2D eigenvalue weighted by Gasteiger charge is 2.18. The minimum atomic E-state index is -0.0652. The van der Waals surface area contributed by atoms with Crippen LogP contribution in [0.25, 0.3) is 5.69 Å². The number of nitrogens with zero attached hydrogens (tertiary/aromatic N) is 3. The van der Waals surface area contributed by atoms with Crippen LogP contribution in [0.1, 0.15) is 27.3 Å². The fraction of sp³-hybridized carbons (Fsp3) is 0.167. The zero-order chi connectivity index (χ0) is 16.4. The summed E-state index contributed by atoms with van der Waals surface area (Å²) in [5, 5.41) is 8.85. The SMILES string of the molecule is Cc1ccccc1-n1nnc(C(=O)Cc2cccc(Cl)c2)c1C. The maximum Gasteiger partial charge on any atom is 0.189 e. The number of rotatable bonds is 4. The maximum absolute atomic E-state index is 12.5. The topological polar surface area (TPSA) is 47.8 Å². The molecule has 3 aromatic rings. The summed E-state index contributed by atoms with van der Waals surface area (Å²) in [6.07, 6.45) is 0.258. The molecule has 23 heavy (non-hydrogen) atoms. The molecule has 0 aliphatic carbocycles. The molecule has 0 radical (unpaired) electrons. The van der Waals surface area contributed by atoms with Gasteiger partial charge in [0.15, 0.2) is 11.5 Å². The third-order valence-corrected chi connectivity index (χ3v) is 3.99. The Morgan fingerprint density at radius 2 is 1.91 bits per heavy atom. The number of halogens is 1. The van der Waals surface area contributed by atoms with E-state index >= 15 is 0 Å². The fourth-order valence-electron chi connectivity index (χ4n) is 2.53. The van der Waals surface area contributed by atoms with Gasteiger partial charge in [-0.25, -0.2) is 4.68 Å². The van der Waals surface area contributed by atoms with E-state index in [2.05, 4.69) is 10.3 Å². The third kappa shape index (κ3) is 3.17. The van der Waals surface area contributed by atoms with E-state index in [-0.39, 0.29) is 12.2 Å². The van der Waals surface area contributed by atoms with Gasteiger partial charge in [-0.2, -0.15) is 0 Å². The fourth-order valence-corrected chi connectivity index (χ4v) is 2.75. The minimum Gasteiger partial charge on any atom is -0.292 e. The summed E-state index contributed by atoms with van der Waals surface area (Å²) < 4.78 is 1.71. The lowest BCUT2D eigenvalue weighted by atomic mass is 10.1. The Morgan fingerprint density at radius 1 is 1.13 bits per heavy atom. The molecule has 3 rings (SSSR count). The lowest BCUT2D eigenvalue weighted by Gasteiger charge is -2.06. The largest absolute Gasteiger partial charge is 0.292 e. The monoisotopic (exact) mass is 325 g/mol. The molecule has 0 atom stereocenters. The highest BCUT2D eigenvalue weighted by molar-refractivity contribution is 6.30. The van der Waals surface area contributed by atoms with E-state index in [4.69, 9.17) is 11.6 Å². The van der Waals surface area contributed by atoms with Crippen LogP contribution in [0.2, 0.25) is 5.02 Å². The Bertz CT molecular complexity index is 870. The Balaban J connectivity index is 1.90. The number of aryl methyl sites for hydroxylation is 1. The van der Waals surface area contributed by atoms with Crippen LogP contribution in [0.15, 0.2) is 48.5 Å². The number of ketones is 1. The van der Waals surface area contributed by atoms with E-state index < -0.39 is 0 Å². The molecule has 5 heteroatoms. The average molecular weight is 326 g/mol. The lowest BCUT2D eigenvalue weighted by molar-refractivity contribution is 0.0987. The summed E-state index contributed by atoms with van der Waals surface area (Å²) in [4.78, 5) is 12.5. The van der Waals surface area contributed by atoms with Crippen molar-refractivity contribution < 1.29 is 4.79 Å². The number of carbonyl (C=O) groups is 1. The van der Waals surface area contributed by atoms with Crippen LogP contribution in [-0.2, 0) is 6.42 Å². The molecule has 0 unspecified atom stereocenters. The molecule has 0 amide bonds. The second kappa shape index (κ2) is 6.34. The van der Waals surface area contributed by atoms with Crippen LogP contribution >= 0.6 is 11.6 Å². The quantitative estimate of drug-likeness (QED) is 0.682. The Morgan fingerprint density at radius 3 is 2.65 bits per heavy atom. The molecule has 0 fully saturated rings. The van der Waals surface area contributed by atoms with Crippen molar-refractivity contribution in [3.8, 4) is 5.69 Å². The van der Waals surface area contributed by atoms with Crippen LogP contribution in [-0.4, -0.2) is 20.8 Å². The minimum absolute atomic E-state index is 0.0652. The van der Waals surface area contributed by atoms with Crippen molar-refractivity contribution in [2.45, 2.75) is 20.3 Å². The highest BCUT2D eigenvalue weighted by Crippen LogP contribution is 2.18. The molecule has 0 N–H and O–H groups in total. The van der Waals surface area contributed by atoms with Gasteiger partial charge in [-0.15, -0.1) is 5.10 Å². The van der Waals surface area contributed by atoms with Gasteiger partial charge in [-0.1, -0.05) is 47.1 Å². The standard InChI is InChI=1S/C18H16ClN3O/c1-12-6-3-4-9-16(12)22-13(2)18(20-21-22)17(23)11-14-7-5-8-15(19)10-14/h3-10H,11H2,1-2H3. The van der Waals surface area contributed by atoms with Crippen LogP contribution in [0.5, 0.6) is 0 Å². The van der Waals surface area contributed by atoms with E-state index in [1.165, 1.54) is 0 Å². The first-order valence-electron chi connectivity index (χ1n) is 7.32. The number of benzene rings is 2. The van der Waals surface area contributed by atoms with Gasteiger partial charge in [0.05, 0.1) is 11.4 Å². The molecule has 0 bridgehead atoms. The van der Waals surface area contributed by atoms with Crippen molar-refractivity contribution >= 4 is 17.4 Å². The van der Waals surface area contributed by atoms with Gasteiger partial charge in [0, 0.05) is 11.4 Å². The number of aromatic nitrogens is 3. The zero-order valence-corrected chi connectivity index (χ0v) is 13.7. The van der Waals surface area contributed by atoms with Crippen molar-refractivity contribution in [1.82, 2.24) is 15.0 Å². The molecule has 0 saturated carbocycles. The summed E-state index contributed by atoms with van der Waals surface area (Å²) in [7, 11) is 0. The predicted octanol–water partition coefficient (Wildman–Crippen LogP) is 3.96. The Hall–Kier alpha value is -2.46. The molecule has 4 nitrogen and oxygen atoms in total. The van der Waals surface area contributed by atoms with Gasteiger partial charge in [-0.05, 0) is 43.2 Å². The summed E-state index contributed by atoms with van der Waals surface area (Å²) in [5.74, 6) is -0.0652. The highest BCUT2D eigenvalue weighted by atomic mass is 35.5. The number of hydrogen-bond acceptors (Lipinski definition) is 3. The van der Waals surface area contributed by atoms with Gasteiger partial charge in [0.2, 0.25) is 0 Å². The van der Waals surface area contributed by atoms with Crippen LogP contribution < -0.4 is 0 Å². The van der Waals surface area contributed by atoms with Crippen molar-refractivity contribution in [1.29, 1.82) is 0 Å². The molecule has 0 aliphatic heterocycles. The molecule has 0 aliphatic rings. The van der Waals surface area contributed by atoms with E-state index in [1.807, 2.05) is 50.2 Å². The van der Waals surface area contributed by atoms with E-state index in [0.29, 0.717) is 10.7 Å². The summed E-state index contributed by atoms with van der Waals surface area (Å²) in [6, 6.07) is 15.2. The molecule has 0 spiro atoms. The number of Topliss-reactive ketones (excluding diaryl/α,β-unsaturated/α-hetero) is 1. The molecular formula is C18H16ClN3O. The average Bonchev–Trinajstić information content (AvgIpc) is 2.89. The molecular weight excluding hydrogens is 310 g/mol. The van der Waals surface area contributed by atoms with Crippen LogP contribution in [0.4, 0.5) is 0 Å². The van der Waals surface area contributed by atoms with Crippen molar-refractivity contribution in [2.24, 2.45) is 0 Å². The Labute approximate surface area is 139 Å². The van der Waals surface area contributed by atoms with E-state index in [9.17, 15) is 4.79 Å². The van der Waals surface area contributed by atoms with E-state index in [0.717, 1.165) is 22.5 Å². The number of hydrogen-bond donors (Lipinski definition) is 0. The second-order valence-corrected chi connectivity index (χ2v) is 5.89. The van der Waals surface area contributed by atoms with E-state index in [1.54, 1.807) is 16.8 Å². The van der Waals surface area contributed by atoms with Gasteiger partial charge in [-0.3, -0.25) is 4.79 Å². The predicted molar refractivity (Wildman–Crippen MR) is 90.3 cm³/mol. The zero-order valence-electron chi connectivity index (χ0n) is 13.0. The molecule has 1 heterocycles. The number of carbonyl (C=O) groups excluding carboxylic acids is 1. The maximum atomic E-state index is 12.5. The van der Waals surface area contributed by atoms with Gasteiger partial charge < -0.3 is 0 Å². The van der Waals surface area contributed by atoms with Gasteiger partial charge >= 0.3 is 0 Å². The first-order valence-corrected chi connectivity index (χ1v) is 7.70. The van der Waals surface area contributed by atoms with Gasteiger partial charge in [0.1, 0.15) is 0 Å². The van der Waals surface area contributed by atoms with Crippen molar-refractivity contribution in [3.05, 3.63) is 76.1 Å². The summed E-state index contributed by atoms with van der Waals surface area (Å²) in [6.45, 7) is 3.86. The van der Waals surface area contributed by atoms with Crippen molar-refractivity contribution in [2.75, 3.05) is 0 Å². The van der Waals surface area contributed by atoms with Crippen LogP contribution in [0, 0.1) is 13.8 Å². The molecule has 0 saturated heterocycles. The van der Waals surface area contributed by atoms with Crippen LogP contribution in [0.3, 0.4) is 0 Å². The third-order valence-electron chi connectivity index (χ3n) is 3.76. The first kappa shape index (κ1) is 15.4. The summed E-state index contributed by atoms with van der Waals surface area (Å²) in [5.41, 5.74) is 4.01.